The lowest BCUT2D eigenvalue weighted by atomic mass is 10.1. The SMILES string of the molecule is Cc1ccc(NC(=O)c2cn(-c3ccc(-c4nc(C(C)C)no4)cn3)cn2)cc1C. The summed E-state index contributed by atoms with van der Waals surface area (Å²) in [5, 5.41) is 6.84. The molecule has 0 saturated carbocycles. The first-order chi connectivity index (χ1) is 14.4. The fourth-order valence-corrected chi connectivity index (χ4v) is 2.83. The molecule has 1 aromatic carbocycles. The molecule has 4 aromatic rings. The summed E-state index contributed by atoms with van der Waals surface area (Å²) in [5.74, 6) is 1.62. The molecule has 0 aliphatic heterocycles. The van der Waals surface area contributed by atoms with Crippen LogP contribution in [0.15, 0.2) is 53.6 Å². The van der Waals surface area contributed by atoms with Gasteiger partial charge >= 0.3 is 0 Å². The largest absolute Gasteiger partial charge is 0.334 e. The van der Waals surface area contributed by atoms with Crippen molar-refractivity contribution in [2.75, 3.05) is 5.32 Å². The van der Waals surface area contributed by atoms with Crippen molar-refractivity contribution in [1.82, 2.24) is 24.7 Å². The van der Waals surface area contributed by atoms with E-state index in [0.29, 0.717) is 23.2 Å². The summed E-state index contributed by atoms with van der Waals surface area (Å²) < 4.78 is 6.98. The lowest BCUT2D eigenvalue weighted by Gasteiger charge is -2.06. The Morgan fingerprint density at radius 1 is 1.10 bits per heavy atom. The van der Waals surface area contributed by atoms with E-state index in [2.05, 4.69) is 25.4 Å². The minimum absolute atomic E-state index is 0.189. The zero-order valence-corrected chi connectivity index (χ0v) is 17.2. The van der Waals surface area contributed by atoms with E-state index in [0.717, 1.165) is 16.8 Å². The molecule has 8 nitrogen and oxygen atoms in total. The zero-order chi connectivity index (χ0) is 21.3. The molecule has 0 radical (unpaired) electrons. The monoisotopic (exact) mass is 402 g/mol. The molecule has 0 saturated heterocycles. The fourth-order valence-electron chi connectivity index (χ4n) is 2.83. The number of imidazole rings is 1. The van der Waals surface area contributed by atoms with Gasteiger partial charge in [0, 0.05) is 24.0 Å². The van der Waals surface area contributed by atoms with Crippen molar-refractivity contribution in [2.45, 2.75) is 33.6 Å². The van der Waals surface area contributed by atoms with E-state index in [9.17, 15) is 4.79 Å². The standard InChI is InChI=1S/C22H22N6O2/c1-13(2)20-26-22(30-27-20)16-6-8-19(23-10-16)28-11-18(24-12-28)21(29)25-17-7-5-14(3)15(4)9-17/h5-13H,1-4H3,(H,25,29). The highest BCUT2D eigenvalue weighted by atomic mass is 16.5. The molecule has 30 heavy (non-hydrogen) atoms. The maximum atomic E-state index is 12.5. The van der Waals surface area contributed by atoms with Gasteiger partial charge in [0.05, 0.1) is 5.56 Å². The number of nitrogens with zero attached hydrogens (tertiary/aromatic N) is 5. The van der Waals surface area contributed by atoms with Crippen LogP contribution in [0.1, 0.15) is 47.2 Å². The molecule has 152 valence electrons. The predicted octanol–water partition coefficient (Wildman–Crippen LogP) is 4.31. The van der Waals surface area contributed by atoms with Crippen molar-refractivity contribution in [3.05, 3.63) is 71.7 Å². The summed E-state index contributed by atoms with van der Waals surface area (Å²) >= 11 is 0. The highest BCUT2D eigenvalue weighted by Gasteiger charge is 2.14. The predicted molar refractivity (Wildman–Crippen MR) is 113 cm³/mol. The number of carbonyl (C=O) groups is 1. The molecule has 8 heteroatoms. The van der Waals surface area contributed by atoms with Crippen LogP contribution in [0.4, 0.5) is 5.69 Å². The average Bonchev–Trinajstić information content (AvgIpc) is 3.41. The lowest BCUT2D eigenvalue weighted by molar-refractivity contribution is 0.102. The maximum Gasteiger partial charge on any atom is 0.275 e. The Kier molecular flexibility index (Phi) is 5.14. The molecule has 1 N–H and O–H groups in total. The van der Waals surface area contributed by atoms with Gasteiger partial charge in [-0.25, -0.2) is 9.97 Å². The third kappa shape index (κ3) is 3.98. The van der Waals surface area contributed by atoms with Gasteiger partial charge in [0.25, 0.3) is 11.8 Å². The second-order valence-corrected chi connectivity index (χ2v) is 7.44. The summed E-state index contributed by atoms with van der Waals surface area (Å²) in [5.41, 5.74) is 4.06. The van der Waals surface area contributed by atoms with Crippen molar-refractivity contribution in [3.8, 4) is 17.3 Å². The minimum atomic E-state index is -0.277. The second kappa shape index (κ2) is 7.90. The first kappa shape index (κ1) is 19.5. The van der Waals surface area contributed by atoms with Crippen LogP contribution in [-0.2, 0) is 0 Å². The van der Waals surface area contributed by atoms with E-state index in [1.165, 1.54) is 5.56 Å². The van der Waals surface area contributed by atoms with E-state index in [1.54, 1.807) is 29.4 Å². The molecule has 3 aromatic heterocycles. The molecule has 0 aliphatic carbocycles. The zero-order valence-electron chi connectivity index (χ0n) is 17.2. The summed E-state index contributed by atoms with van der Waals surface area (Å²) in [7, 11) is 0. The van der Waals surface area contributed by atoms with Crippen molar-refractivity contribution in [2.24, 2.45) is 0 Å². The van der Waals surface area contributed by atoms with Gasteiger partial charge in [-0.15, -0.1) is 0 Å². The van der Waals surface area contributed by atoms with Crippen LogP contribution in [0.25, 0.3) is 17.3 Å². The van der Waals surface area contributed by atoms with Gasteiger partial charge in [0.1, 0.15) is 17.8 Å². The summed E-state index contributed by atoms with van der Waals surface area (Å²) in [4.78, 5) is 25.5. The molecular weight excluding hydrogens is 380 g/mol. The van der Waals surface area contributed by atoms with Crippen molar-refractivity contribution in [1.29, 1.82) is 0 Å². The van der Waals surface area contributed by atoms with Crippen molar-refractivity contribution < 1.29 is 9.32 Å². The molecule has 0 aliphatic rings. The quantitative estimate of drug-likeness (QED) is 0.534. The highest BCUT2D eigenvalue weighted by Crippen LogP contribution is 2.20. The first-order valence-electron chi connectivity index (χ1n) is 9.63. The van der Waals surface area contributed by atoms with E-state index >= 15 is 0 Å². The van der Waals surface area contributed by atoms with Gasteiger partial charge in [-0.3, -0.25) is 9.36 Å². The molecular formula is C22H22N6O2. The van der Waals surface area contributed by atoms with E-state index < -0.39 is 0 Å². The summed E-state index contributed by atoms with van der Waals surface area (Å²) in [6, 6.07) is 9.44. The number of hydrogen-bond donors (Lipinski definition) is 1. The Morgan fingerprint density at radius 2 is 1.93 bits per heavy atom. The number of carbonyl (C=O) groups excluding carboxylic acids is 1. The molecule has 0 bridgehead atoms. The second-order valence-electron chi connectivity index (χ2n) is 7.44. The van der Waals surface area contributed by atoms with Crippen molar-refractivity contribution in [3.63, 3.8) is 0 Å². The van der Waals surface area contributed by atoms with Crippen LogP contribution < -0.4 is 5.32 Å². The highest BCUT2D eigenvalue weighted by molar-refractivity contribution is 6.02. The van der Waals surface area contributed by atoms with Gasteiger partial charge in [-0.1, -0.05) is 25.1 Å². The van der Waals surface area contributed by atoms with Crippen LogP contribution in [0, 0.1) is 13.8 Å². The number of anilines is 1. The Balaban J connectivity index is 1.49. The Labute approximate surface area is 174 Å². The number of rotatable bonds is 5. The van der Waals surface area contributed by atoms with Crippen LogP contribution in [0.3, 0.4) is 0 Å². The molecule has 0 atom stereocenters. The van der Waals surface area contributed by atoms with Crippen LogP contribution in [0.2, 0.25) is 0 Å². The number of hydrogen-bond acceptors (Lipinski definition) is 6. The first-order valence-corrected chi connectivity index (χ1v) is 9.63. The van der Waals surface area contributed by atoms with Gasteiger partial charge in [-0.05, 0) is 49.2 Å². The summed E-state index contributed by atoms with van der Waals surface area (Å²) in [6.07, 6.45) is 4.85. The smallest absolute Gasteiger partial charge is 0.275 e. The van der Waals surface area contributed by atoms with E-state index in [1.807, 2.05) is 52.0 Å². The Bertz CT molecular complexity index is 1190. The van der Waals surface area contributed by atoms with Gasteiger partial charge in [-0.2, -0.15) is 4.98 Å². The molecule has 0 spiro atoms. The summed E-state index contributed by atoms with van der Waals surface area (Å²) in [6.45, 7) is 8.04. The molecule has 3 heterocycles. The third-order valence-electron chi connectivity index (χ3n) is 4.80. The van der Waals surface area contributed by atoms with Gasteiger partial charge < -0.3 is 9.84 Å². The Hall–Kier alpha value is -3.81. The van der Waals surface area contributed by atoms with Crippen molar-refractivity contribution >= 4 is 11.6 Å². The topological polar surface area (TPSA) is 98.7 Å². The normalized spacial score (nSPS) is 11.1. The molecule has 1 amide bonds. The van der Waals surface area contributed by atoms with Gasteiger partial charge in [0.15, 0.2) is 5.82 Å². The number of pyridine rings is 1. The van der Waals surface area contributed by atoms with Crippen LogP contribution in [0.5, 0.6) is 0 Å². The van der Waals surface area contributed by atoms with Crippen LogP contribution >= 0.6 is 0 Å². The number of amides is 1. The van der Waals surface area contributed by atoms with Gasteiger partial charge in [0.2, 0.25) is 0 Å². The Morgan fingerprint density at radius 3 is 2.60 bits per heavy atom. The average molecular weight is 402 g/mol. The maximum absolute atomic E-state index is 12.5. The number of nitrogens with one attached hydrogen (secondary N) is 1. The number of aryl methyl sites for hydroxylation is 2. The number of benzene rings is 1. The number of aromatic nitrogens is 5. The molecule has 4 rings (SSSR count). The lowest BCUT2D eigenvalue weighted by Crippen LogP contribution is -2.12. The fraction of sp³-hybridized carbons (Fsp3) is 0.227. The third-order valence-corrected chi connectivity index (χ3v) is 4.80. The molecule has 0 unspecified atom stereocenters. The van der Waals surface area contributed by atoms with E-state index in [-0.39, 0.29) is 11.8 Å². The molecule has 0 fully saturated rings. The minimum Gasteiger partial charge on any atom is -0.334 e. The van der Waals surface area contributed by atoms with Crippen LogP contribution in [-0.4, -0.2) is 30.6 Å². The van der Waals surface area contributed by atoms with E-state index in [4.69, 9.17) is 4.52 Å².